The van der Waals surface area contributed by atoms with E-state index in [1.807, 2.05) is 6.92 Å². The van der Waals surface area contributed by atoms with Crippen LogP contribution < -0.4 is 10.6 Å². The molecule has 2 unspecified atom stereocenters. The van der Waals surface area contributed by atoms with Crippen molar-refractivity contribution < 1.29 is 4.74 Å². The predicted molar refractivity (Wildman–Crippen MR) is 84.0 cm³/mol. The number of nitrogens with one attached hydrogen (secondary N) is 2. The van der Waals surface area contributed by atoms with E-state index in [9.17, 15) is 0 Å². The Balaban J connectivity index is 1.56. The molecule has 0 aromatic carbocycles. The molecular formula is C14H22ClN5O. The number of ether oxygens (including phenoxy) is 1. The van der Waals surface area contributed by atoms with Gasteiger partial charge in [0.2, 0.25) is 5.95 Å². The minimum atomic E-state index is 0.188. The molecule has 1 aromatic rings. The molecule has 1 aromatic heterocycles. The van der Waals surface area contributed by atoms with Gasteiger partial charge in [-0.15, -0.1) is 0 Å². The van der Waals surface area contributed by atoms with Crippen LogP contribution in [0.5, 0.6) is 0 Å². The van der Waals surface area contributed by atoms with Crippen molar-refractivity contribution in [1.29, 1.82) is 0 Å². The van der Waals surface area contributed by atoms with Gasteiger partial charge >= 0.3 is 0 Å². The molecule has 2 aliphatic rings. The number of aromatic nitrogens is 2. The summed E-state index contributed by atoms with van der Waals surface area (Å²) in [6, 6.07) is 0.629. The highest BCUT2D eigenvalue weighted by Gasteiger charge is 2.32. The Hall–Kier alpha value is -1.11. The van der Waals surface area contributed by atoms with Crippen LogP contribution in [0.3, 0.4) is 0 Å². The molecule has 2 N–H and O–H groups in total. The molecule has 2 aliphatic heterocycles. The van der Waals surface area contributed by atoms with Gasteiger partial charge < -0.3 is 15.4 Å². The maximum atomic E-state index is 6.14. The minimum absolute atomic E-state index is 0.188. The monoisotopic (exact) mass is 311 g/mol. The Bertz CT molecular complexity index is 486. The molecule has 3 rings (SSSR count). The van der Waals surface area contributed by atoms with Crippen molar-refractivity contribution in [2.75, 3.05) is 43.4 Å². The van der Waals surface area contributed by atoms with Gasteiger partial charge in [-0.1, -0.05) is 11.6 Å². The van der Waals surface area contributed by atoms with Crippen LogP contribution in [0.25, 0.3) is 0 Å². The summed E-state index contributed by atoms with van der Waals surface area (Å²) >= 11 is 6.14. The smallest absolute Gasteiger partial charge is 0.224 e. The van der Waals surface area contributed by atoms with Crippen molar-refractivity contribution >= 4 is 23.4 Å². The lowest BCUT2D eigenvalue weighted by atomic mass is 10.2. The van der Waals surface area contributed by atoms with Crippen LogP contribution in [-0.2, 0) is 4.74 Å². The first-order valence-corrected chi connectivity index (χ1v) is 8.00. The molecule has 2 atom stereocenters. The second-order valence-electron chi connectivity index (χ2n) is 5.55. The predicted octanol–water partition coefficient (Wildman–Crippen LogP) is 1.84. The first-order valence-electron chi connectivity index (χ1n) is 7.62. The second-order valence-corrected chi connectivity index (χ2v) is 5.95. The maximum absolute atomic E-state index is 6.14. The fourth-order valence-electron chi connectivity index (χ4n) is 2.95. The highest BCUT2D eigenvalue weighted by Crippen LogP contribution is 2.24. The molecule has 0 spiro atoms. The topological polar surface area (TPSA) is 62.3 Å². The summed E-state index contributed by atoms with van der Waals surface area (Å²) in [5.41, 5.74) is 0. The van der Waals surface area contributed by atoms with Crippen LogP contribution in [-0.4, -0.2) is 59.8 Å². The quantitative estimate of drug-likeness (QED) is 0.865. The van der Waals surface area contributed by atoms with Gasteiger partial charge in [-0.05, 0) is 26.3 Å². The summed E-state index contributed by atoms with van der Waals surface area (Å²) < 4.78 is 5.92. The van der Waals surface area contributed by atoms with E-state index in [0.717, 1.165) is 19.7 Å². The van der Waals surface area contributed by atoms with Gasteiger partial charge in [-0.3, -0.25) is 4.90 Å². The Kier molecular flexibility index (Phi) is 4.77. The van der Waals surface area contributed by atoms with Crippen molar-refractivity contribution in [3.63, 3.8) is 0 Å². The van der Waals surface area contributed by atoms with Crippen LogP contribution in [0.1, 0.15) is 19.8 Å². The van der Waals surface area contributed by atoms with Crippen molar-refractivity contribution in [2.24, 2.45) is 0 Å². The normalized spacial score (nSPS) is 25.6. The molecule has 0 saturated carbocycles. The van der Waals surface area contributed by atoms with E-state index in [1.165, 1.54) is 19.4 Å². The standard InChI is InChI=1S/C14H22ClN5O/c1-2-16-14-18-7-12(15)13(19-14)17-6-11-8-20-5-3-4-10(20)9-21-11/h7,10-11H,2-6,8-9H2,1H3,(H2,16,17,18,19). The van der Waals surface area contributed by atoms with Gasteiger partial charge in [0.1, 0.15) is 5.02 Å². The van der Waals surface area contributed by atoms with Crippen LogP contribution in [0.4, 0.5) is 11.8 Å². The number of hydrogen-bond donors (Lipinski definition) is 2. The van der Waals surface area contributed by atoms with Gasteiger partial charge in [-0.2, -0.15) is 4.98 Å². The molecule has 2 fully saturated rings. The van der Waals surface area contributed by atoms with Gasteiger partial charge in [0.05, 0.1) is 18.9 Å². The maximum Gasteiger partial charge on any atom is 0.224 e. The van der Waals surface area contributed by atoms with Crippen LogP contribution in [0, 0.1) is 0 Å². The fourth-order valence-corrected chi connectivity index (χ4v) is 3.11. The Labute approximate surface area is 130 Å². The lowest BCUT2D eigenvalue weighted by Crippen LogP contribution is -2.48. The average Bonchev–Trinajstić information content (AvgIpc) is 2.95. The zero-order chi connectivity index (χ0) is 14.7. The zero-order valence-electron chi connectivity index (χ0n) is 12.3. The molecule has 116 valence electrons. The van der Waals surface area contributed by atoms with E-state index < -0.39 is 0 Å². The number of fused-ring (bicyclic) bond motifs is 1. The Morgan fingerprint density at radius 3 is 3.24 bits per heavy atom. The molecular weight excluding hydrogens is 290 g/mol. The number of nitrogens with zero attached hydrogens (tertiary/aromatic N) is 3. The average molecular weight is 312 g/mol. The van der Waals surface area contributed by atoms with E-state index >= 15 is 0 Å². The van der Waals surface area contributed by atoms with Crippen LogP contribution >= 0.6 is 11.6 Å². The van der Waals surface area contributed by atoms with Gasteiger partial charge in [-0.25, -0.2) is 4.98 Å². The summed E-state index contributed by atoms with van der Waals surface area (Å²) in [5.74, 6) is 1.25. The summed E-state index contributed by atoms with van der Waals surface area (Å²) in [6.45, 7) is 6.53. The number of hydrogen-bond acceptors (Lipinski definition) is 6. The van der Waals surface area contributed by atoms with Crippen molar-refractivity contribution in [2.45, 2.75) is 31.9 Å². The molecule has 0 bridgehead atoms. The molecule has 21 heavy (non-hydrogen) atoms. The third-order valence-corrected chi connectivity index (χ3v) is 4.31. The lowest BCUT2D eigenvalue weighted by molar-refractivity contribution is -0.0416. The Morgan fingerprint density at radius 1 is 1.48 bits per heavy atom. The second kappa shape index (κ2) is 6.77. The number of rotatable bonds is 5. The van der Waals surface area contributed by atoms with E-state index in [1.54, 1.807) is 6.20 Å². The van der Waals surface area contributed by atoms with Gasteiger partial charge in [0.15, 0.2) is 5.82 Å². The van der Waals surface area contributed by atoms with Crippen molar-refractivity contribution in [3.05, 3.63) is 11.2 Å². The first-order chi connectivity index (χ1) is 10.3. The largest absolute Gasteiger partial charge is 0.373 e. The fraction of sp³-hybridized carbons (Fsp3) is 0.714. The first kappa shape index (κ1) is 14.8. The third kappa shape index (κ3) is 3.56. The summed E-state index contributed by atoms with van der Waals surface area (Å²) in [7, 11) is 0. The SMILES string of the molecule is CCNc1ncc(Cl)c(NCC2CN3CCCC3CO2)n1. The van der Waals surface area contributed by atoms with Crippen LogP contribution in [0.2, 0.25) is 5.02 Å². The molecule has 0 amide bonds. The van der Waals surface area contributed by atoms with Gasteiger partial charge in [0.25, 0.3) is 0 Å². The van der Waals surface area contributed by atoms with E-state index in [4.69, 9.17) is 16.3 Å². The molecule has 2 saturated heterocycles. The zero-order valence-corrected chi connectivity index (χ0v) is 13.1. The van der Waals surface area contributed by atoms with Crippen LogP contribution in [0.15, 0.2) is 6.20 Å². The minimum Gasteiger partial charge on any atom is -0.373 e. The lowest BCUT2D eigenvalue weighted by Gasteiger charge is -2.35. The van der Waals surface area contributed by atoms with Crippen molar-refractivity contribution in [1.82, 2.24) is 14.9 Å². The number of anilines is 2. The summed E-state index contributed by atoms with van der Waals surface area (Å²) in [4.78, 5) is 11.0. The molecule has 0 aliphatic carbocycles. The molecule has 3 heterocycles. The number of halogens is 1. The molecule has 6 nitrogen and oxygen atoms in total. The third-order valence-electron chi connectivity index (χ3n) is 4.04. The van der Waals surface area contributed by atoms with E-state index in [0.29, 0.717) is 29.4 Å². The van der Waals surface area contributed by atoms with E-state index in [2.05, 4.69) is 25.5 Å². The van der Waals surface area contributed by atoms with E-state index in [-0.39, 0.29) is 6.10 Å². The Morgan fingerprint density at radius 2 is 2.38 bits per heavy atom. The molecule has 7 heteroatoms. The highest BCUT2D eigenvalue weighted by molar-refractivity contribution is 6.32. The number of morpholine rings is 1. The van der Waals surface area contributed by atoms with Crippen molar-refractivity contribution in [3.8, 4) is 0 Å². The highest BCUT2D eigenvalue weighted by atomic mass is 35.5. The molecule has 0 radical (unpaired) electrons. The van der Waals surface area contributed by atoms with Gasteiger partial charge in [0, 0.05) is 25.7 Å². The summed E-state index contributed by atoms with van der Waals surface area (Å²) in [6.07, 6.45) is 4.36. The summed E-state index contributed by atoms with van der Waals surface area (Å²) in [5, 5.41) is 6.90.